The molecule has 0 aromatic heterocycles. The number of rotatable bonds is 4. The molecule has 0 aliphatic carbocycles. The molecule has 2 aliphatic heterocycles. The molecule has 7 nitrogen and oxygen atoms in total. The van der Waals surface area contributed by atoms with Gasteiger partial charge in [0.25, 0.3) is 5.91 Å². The van der Waals surface area contributed by atoms with Crippen molar-refractivity contribution in [2.45, 2.75) is 24.7 Å². The quantitative estimate of drug-likeness (QED) is 0.727. The molecule has 164 valence electrons. The molecule has 0 saturated carbocycles. The fourth-order valence-electron chi connectivity index (χ4n) is 3.81. The zero-order valence-corrected chi connectivity index (χ0v) is 18.2. The molecular formula is C22H25FN4O3S. The zero-order chi connectivity index (χ0) is 22.0. The van der Waals surface area contributed by atoms with Crippen molar-refractivity contribution in [2.24, 2.45) is 5.10 Å². The Morgan fingerprint density at radius 2 is 1.65 bits per heavy atom. The molecule has 0 N–H and O–H groups in total. The lowest BCUT2D eigenvalue weighted by Crippen LogP contribution is -2.37. The second-order valence-corrected chi connectivity index (χ2v) is 9.70. The predicted molar refractivity (Wildman–Crippen MR) is 117 cm³/mol. The van der Waals surface area contributed by atoms with Crippen LogP contribution in [0.4, 0.5) is 10.1 Å². The molecule has 0 unspecified atom stereocenters. The number of amides is 1. The number of carbonyl (C=O) groups is 1. The van der Waals surface area contributed by atoms with E-state index < -0.39 is 15.8 Å². The highest BCUT2D eigenvalue weighted by atomic mass is 32.2. The van der Waals surface area contributed by atoms with Gasteiger partial charge < -0.3 is 4.90 Å². The van der Waals surface area contributed by atoms with Crippen molar-refractivity contribution in [3.05, 3.63) is 59.9 Å². The second-order valence-electron chi connectivity index (χ2n) is 7.76. The minimum atomic E-state index is -3.72. The Morgan fingerprint density at radius 1 is 0.935 bits per heavy atom. The lowest BCUT2D eigenvalue weighted by Gasteiger charge is -2.22. The van der Waals surface area contributed by atoms with E-state index in [0.29, 0.717) is 31.6 Å². The third kappa shape index (κ3) is 4.62. The third-order valence-electron chi connectivity index (χ3n) is 5.58. The number of carbonyl (C=O) groups excluding carboxylic acids is 1. The predicted octanol–water partition coefficient (Wildman–Crippen LogP) is 2.95. The molecule has 31 heavy (non-hydrogen) atoms. The number of anilines is 1. The number of hydrogen-bond donors (Lipinski definition) is 0. The standard InChI is InChI=1S/C22H25FN4O3S/c1-17-11-14-27(24-17)20-7-3-18(4-8-20)22(28)25-12-2-13-26(16-15-25)31(29,30)21-9-5-19(23)6-10-21/h3-10H,2,11-16H2,1H3. The average molecular weight is 445 g/mol. The average Bonchev–Trinajstić information content (AvgIpc) is 3.05. The van der Waals surface area contributed by atoms with E-state index in [1.807, 2.05) is 24.1 Å². The summed E-state index contributed by atoms with van der Waals surface area (Å²) in [6, 6.07) is 12.2. The van der Waals surface area contributed by atoms with Crippen molar-refractivity contribution >= 4 is 27.3 Å². The Kier molecular flexibility index (Phi) is 6.06. The van der Waals surface area contributed by atoms with Crippen LogP contribution in [0.1, 0.15) is 30.1 Å². The van der Waals surface area contributed by atoms with Gasteiger partial charge in [-0.25, -0.2) is 12.8 Å². The first-order valence-electron chi connectivity index (χ1n) is 10.3. The molecule has 0 radical (unpaired) electrons. The van der Waals surface area contributed by atoms with Crippen molar-refractivity contribution < 1.29 is 17.6 Å². The van der Waals surface area contributed by atoms with Gasteiger partial charge in [-0.1, -0.05) is 0 Å². The minimum Gasteiger partial charge on any atom is -0.337 e. The monoisotopic (exact) mass is 444 g/mol. The van der Waals surface area contributed by atoms with Gasteiger partial charge >= 0.3 is 0 Å². The highest BCUT2D eigenvalue weighted by Crippen LogP contribution is 2.22. The maximum atomic E-state index is 13.2. The van der Waals surface area contributed by atoms with Gasteiger partial charge in [-0.2, -0.15) is 9.41 Å². The molecule has 2 aliphatic rings. The molecule has 1 saturated heterocycles. The van der Waals surface area contributed by atoms with E-state index in [1.165, 1.54) is 16.4 Å². The molecule has 1 amide bonds. The van der Waals surface area contributed by atoms with E-state index in [9.17, 15) is 17.6 Å². The van der Waals surface area contributed by atoms with Crippen LogP contribution in [0.25, 0.3) is 0 Å². The lowest BCUT2D eigenvalue weighted by molar-refractivity contribution is 0.0764. The van der Waals surface area contributed by atoms with E-state index in [1.54, 1.807) is 17.0 Å². The first-order valence-corrected chi connectivity index (χ1v) is 11.8. The van der Waals surface area contributed by atoms with Crippen LogP contribution in [0.15, 0.2) is 58.5 Å². The number of hydrogen-bond acceptors (Lipinski definition) is 5. The SMILES string of the molecule is CC1=NN(c2ccc(C(=O)N3CCCN(S(=O)(=O)c4ccc(F)cc4)CC3)cc2)CC1. The van der Waals surface area contributed by atoms with Crippen LogP contribution in [-0.4, -0.2) is 62.0 Å². The third-order valence-corrected chi connectivity index (χ3v) is 7.50. The normalized spacial score (nSPS) is 18.1. The summed E-state index contributed by atoms with van der Waals surface area (Å²) in [5.74, 6) is -0.599. The number of sulfonamides is 1. The lowest BCUT2D eigenvalue weighted by atomic mass is 10.1. The van der Waals surface area contributed by atoms with E-state index in [0.717, 1.165) is 36.5 Å². The Hall–Kier alpha value is -2.78. The molecule has 4 rings (SSSR count). The molecule has 0 atom stereocenters. The number of nitrogens with zero attached hydrogens (tertiary/aromatic N) is 4. The van der Waals surface area contributed by atoms with Gasteiger partial charge in [0, 0.05) is 50.4 Å². The topological polar surface area (TPSA) is 73.3 Å². The molecule has 0 bridgehead atoms. The first-order chi connectivity index (χ1) is 14.8. The van der Waals surface area contributed by atoms with Gasteiger partial charge in [0.1, 0.15) is 5.82 Å². The van der Waals surface area contributed by atoms with E-state index >= 15 is 0 Å². The smallest absolute Gasteiger partial charge is 0.253 e. The molecule has 0 spiro atoms. The Bertz CT molecular complexity index is 1080. The molecule has 2 heterocycles. The fraction of sp³-hybridized carbons (Fsp3) is 0.364. The first kappa shape index (κ1) is 21.5. The minimum absolute atomic E-state index is 0.0593. The summed E-state index contributed by atoms with van der Waals surface area (Å²) >= 11 is 0. The van der Waals surface area contributed by atoms with Gasteiger partial charge in [-0.05, 0) is 61.9 Å². The van der Waals surface area contributed by atoms with Crippen molar-refractivity contribution in [2.75, 3.05) is 37.7 Å². The van der Waals surface area contributed by atoms with E-state index in [-0.39, 0.29) is 17.3 Å². The van der Waals surface area contributed by atoms with Gasteiger partial charge in [0.2, 0.25) is 10.0 Å². The Balaban J connectivity index is 1.42. The summed E-state index contributed by atoms with van der Waals surface area (Å²) in [6.45, 7) is 4.13. The van der Waals surface area contributed by atoms with Crippen molar-refractivity contribution in [3.63, 3.8) is 0 Å². The zero-order valence-electron chi connectivity index (χ0n) is 17.4. The van der Waals surface area contributed by atoms with Gasteiger partial charge in [-0.15, -0.1) is 0 Å². The molecule has 1 fully saturated rings. The van der Waals surface area contributed by atoms with Gasteiger partial charge in [0.15, 0.2) is 0 Å². The molecular weight excluding hydrogens is 419 g/mol. The highest BCUT2D eigenvalue weighted by Gasteiger charge is 2.28. The molecule has 9 heteroatoms. The Labute approximate surface area is 181 Å². The summed E-state index contributed by atoms with van der Waals surface area (Å²) in [5, 5.41) is 6.39. The summed E-state index contributed by atoms with van der Waals surface area (Å²) < 4.78 is 40.3. The van der Waals surface area contributed by atoms with E-state index in [4.69, 9.17) is 0 Å². The van der Waals surface area contributed by atoms with Crippen LogP contribution in [0.5, 0.6) is 0 Å². The maximum absolute atomic E-state index is 13.2. The van der Waals surface area contributed by atoms with E-state index in [2.05, 4.69) is 5.10 Å². The number of benzene rings is 2. The summed E-state index contributed by atoms with van der Waals surface area (Å²) in [4.78, 5) is 14.7. The Morgan fingerprint density at radius 3 is 2.29 bits per heavy atom. The van der Waals surface area contributed by atoms with Crippen LogP contribution in [0.2, 0.25) is 0 Å². The summed E-state index contributed by atoms with van der Waals surface area (Å²) in [6.07, 6.45) is 1.47. The van der Waals surface area contributed by atoms with Gasteiger partial charge in [-0.3, -0.25) is 9.80 Å². The van der Waals surface area contributed by atoms with Crippen LogP contribution in [0.3, 0.4) is 0 Å². The fourth-order valence-corrected chi connectivity index (χ4v) is 5.28. The van der Waals surface area contributed by atoms with Crippen molar-refractivity contribution in [1.29, 1.82) is 0 Å². The van der Waals surface area contributed by atoms with Crippen LogP contribution in [-0.2, 0) is 10.0 Å². The van der Waals surface area contributed by atoms with Crippen molar-refractivity contribution in [3.8, 4) is 0 Å². The second kappa shape index (κ2) is 8.76. The van der Waals surface area contributed by atoms with Crippen LogP contribution < -0.4 is 5.01 Å². The number of halogens is 1. The van der Waals surface area contributed by atoms with Crippen LogP contribution >= 0.6 is 0 Å². The number of hydrazone groups is 1. The highest BCUT2D eigenvalue weighted by molar-refractivity contribution is 7.89. The van der Waals surface area contributed by atoms with Crippen LogP contribution in [0, 0.1) is 5.82 Å². The van der Waals surface area contributed by atoms with Gasteiger partial charge in [0.05, 0.1) is 10.6 Å². The largest absolute Gasteiger partial charge is 0.337 e. The maximum Gasteiger partial charge on any atom is 0.253 e. The molecule has 2 aromatic carbocycles. The van der Waals surface area contributed by atoms with Crippen molar-refractivity contribution in [1.82, 2.24) is 9.21 Å². The summed E-state index contributed by atoms with van der Waals surface area (Å²) in [7, 11) is -3.72. The molecule has 2 aromatic rings. The summed E-state index contributed by atoms with van der Waals surface area (Å²) in [5.41, 5.74) is 2.60.